The number of nitrogens with one attached hydrogen (secondary N) is 1. The maximum atomic E-state index is 11.4. The van der Waals surface area contributed by atoms with Crippen molar-refractivity contribution in [2.24, 2.45) is 5.73 Å². The largest absolute Gasteiger partial charge is 0.368 e. The molecule has 0 spiro atoms. The zero-order valence-electron chi connectivity index (χ0n) is 11.5. The molecule has 16 heavy (non-hydrogen) atoms. The molecule has 2 unspecified atom stereocenters. The van der Waals surface area contributed by atoms with Crippen molar-refractivity contribution in [2.75, 3.05) is 13.6 Å². The molecule has 4 heteroatoms. The lowest BCUT2D eigenvalue weighted by Gasteiger charge is -2.37. The predicted molar refractivity (Wildman–Crippen MR) is 68.3 cm³/mol. The molecule has 96 valence electrons. The smallest absolute Gasteiger partial charge is 0.237 e. The van der Waals surface area contributed by atoms with Crippen molar-refractivity contribution in [1.82, 2.24) is 10.2 Å². The summed E-state index contributed by atoms with van der Waals surface area (Å²) in [6, 6.07) is 0.809. The summed E-state index contributed by atoms with van der Waals surface area (Å²) in [4.78, 5) is 13.8. The van der Waals surface area contributed by atoms with Crippen LogP contribution in [-0.4, -0.2) is 42.0 Å². The first-order valence-electron chi connectivity index (χ1n) is 6.03. The minimum atomic E-state index is -0.623. The molecule has 0 aliphatic carbocycles. The van der Waals surface area contributed by atoms with Gasteiger partial charge in [-0.3, -0.25) is 9.69 Å². The van der Waals surface area contributed by atoms with Crippen molar-refractivity contribution in [1.29, 1.82) is 0 Å². The molecule has 0 aromatic heterocycles. The number of hydrogen-bond acceptors (Lipinski definition) is 3. The second kappa shape index (κ2) is 6.21. The lowest BCUT2D eigenvalue weighted by molar-refractivity contribution is -0.124. The van der Waals surface area contributed by atoms with Crippen molar-refractivity contribution in [3.8, 4) is 0 Å². The number of amides is 1. The van der Waals surface area contributed by atoms with Crippen LogP contribution in [0.2, 0.25) is 0 Å². The molecule has 0 aliphatic rings. The third kappa shape index (κ3) is 3.76. The predicted octanol–water partition coefficient (Wildman–Crippen LogP) is 0.959. The molecule has 0 rings (SSSR count). The summed E-state index contributed by atoms with van der Waals surface area (Å²) in [5.74, 6) is -0.290. The maximum absolute atomic E-state index is 11.4. The summed E-state index contributed by atoms with van der Waals surface area (Å²) in [5.41, 5.74) is 4.80. The van der Waals surface area contributed by atoms with Crippen LogP contribution in [0.3, 0.4) is 0 Å². The first kappa shape index (κ1) is 15.4. The summed E-state index contributed by atoms with van der Waals surface area (Å²) >= 11 is 0. The minimum absolute atomic E-state index is 0.290. The van der Waals surface area contributed by atoms with E-state index in [1.807, 2.05) is 6.92 Å². The van der Waals surface area contributed by atoms with Crippen LogP contribution in [0.4, 0.5) is 0 Å². The Morgan fingerprint density at radius 1 is 1.44 bits per heavy atom. The van der Waals surface area contributed by atoms with Crippen LogP contribution in [0.5, 0.6) is 0 Å². The van der Waals surface area contributed by atoms with Crippen molar-refractivity contribution in [2.45, 2.75) is 58.7 Å². The van der Waals surface area contributed by atoms with Crippen LogP contribution < -0.4 is 11.1 Å². The molecule has 0 fully saturated rings. The van der Waals surface area contributed by atoms with E-state index in [-0.39, 0.29) is 5.91 Å². The van der Waals surface area contributed by atoms with Gasteiger partial charge in [0.2, 0.25) is 5.91 Å². The Bertz CT molecular complexity index is 230. The minimum Gasteiger partial charge on any atom is -0.368 e. The normalized spacial score (nSPS) is 17.5. The molecule has 4 nitrogen and oxygen atoms in total. The highest BCUT2D eigenvalue weighted by Crippen LogP contribution is 2.17. The van der Waals surface area contributed by atoms with E-state index in [1.54, 1.807) is 7.05 Å². The number of hydrogen-bond donors (Lipinski definition) is 2. The highest BCUT2D eigenvalue weighted by Gasteiger charge is 2.32. The van der Waals surface area contributed by atoms with E-state index >= 15 is 0 Å². The van der Waals surface area contributed by atoms with Gasteiger partial charge in [0.15, 0.2) is 0 Å². The Morgan fingerprint density at radius 3 is 2.19 bits per heavy atom. The number of likely N-dealkylation sites (N-methyl/N-ethyl adjacent to an activating group) is 1. The topological polar surface area (TPSA) is 58.4 Å². The Kier molecular flexibility index (Phi) is 5.97. The average Bonchev–Trinajstić information content (AvgIpc) is 2.17. The first-order chi connectivity index (χ1) is 7.28. The summed E-state index contributed by atoms with van der Waals surface area (Å²) in [7, 11) is 1.78. The van der Waals surface area contributed by atoms with Gasteiger partial charge in [0, 0.05) is 12.1 Å². The number of primary amides is 1. The molecule has 0 saturated heterocycles. The number of carbonyl (C=O) groups is 1. The molecule has 0 saturated carbocycles. The summed E-state index contributed by atoms with van der Waals surface area (Å²) in [6.07, 6.45) is 0.727. The van der Waals surface area contributed by atoms with Gasteiger partial charge in [-0.05, 0) is 47.7 Å². The number of nitrogens with two attached hydrogens (primary N) is 1. The average molecular weight is 229 g/mol. The fourth-order valence-electron chi connectivity index (χ4n) is 2.22. The van der Waals surface area contributed by atoms with E-state index < -0.39 is 5.54 Å². The molecule has 3 N–H and O–H groups in total. The molecule has 0 heterocycles. The molecular formula is C12H27N3O. The number of carbonyl (C=O) groups excluding carboxylic acids is 1. The maximum Gasteiger partial charge on any atom is 0.237 e. The van der Waals surface area contributed by atoms with Crippen molar-refractivity contribution < 1.29 is 4.79 Å². The molecule has 0 aromatic rings. The van der Waals surface area contributed by atoms with Crippen LogP contribution in [0.25, 0.3) is 0 Å². The van der Waals surface area contributed by atoms with Gasteiger partial charge >= 0.3 is 0 Å². The van der Waals surface area contributed by atoms with Gasteiger partial charge in [-0.1, -0.05) is 6.92 Å². The highest BCUT2D eigenvalue weighted by atomic mass is 16.1. The Morgan fingerprint density at radius 2 is 1.94 bits per heavy atom. The standard InChI is InChI=1S/C12H27N3O/c1-7-15(9(2)3)10(4)8-12(5,14-6)11(13)16/h9-10,14H,7-8H2,1-6H3,(H2,13,16). The Hall–Kier alpha value is -0.610. The van der Waals surface area contributed by atoms with Crippen LogP contribution in [0.15, 0.2) is 0 Å². The third-order valence-corrected chi connectivity index (χ3v) is 3.39. The number of rotatable bonds is 7. The fourth-order valence-corrected chi connectivity index (χ4v) is 2.22. The van der Waals surface area contributed by atoms with Gasteiger partial charge in [-0.25, -0.2) is 0 Å². The summed E-state index contributed by atoms with van der Waals surface area (Å²) < 4.78 is 0. The van der Waals surface area contributed by atoms with Crippen LogP contribution in [-0.2, 0) is 4.79 Å². The van der Waals surface area contributed by atoms with Gasteiger partial charge in [0.1, 0.15) is 0 Å². The van der Waals surface area contributed by atoms with Crippen molar-refractivity contribution in [3.63, 3.8) is 0 Å². The number of nitrogens with zero attached hydrogens (tertiary/aromatic N) is 1. The summed E-state index contributed by atoms with van der Waals surface area (Å²) in [5, 5.41) is 3.03. The van der Waals surface area contributed by atoms with Crippen molar-refractivity contribution >= 4 is 5.91 Å². The lowest BCUT2D eigenvalue weighted by atomic mass is 9.92. The summed E-state index contributed by atoms with van der Waals surface area (Å²) in [6.45, 7) is 11.5. The van der Waals surface area contributed by atoms with E-state index in [0.717, 1.165) is 13.0 Å². The Balaban J connectivity index is 4.63. The molecule has 0 bridgehead atoms. The van der Waals surface area contributed by atoms with Gasteiger partial charge in [0.25, 0.3) is 0 Å². The van der Waals surface area contributed by atoms with Gasteiger partial charge in [-0.2, -0.15) is 0 Å². The van der Waals surface area contributed by atoms with Gasteiger partial charge < -0.3 is 11.1 Å². The van der Waals surface area contributed by atoms with Crippen LogP contribution in [0, 0.1) is 0 Å². The fraction of sp³-hybridized carbons (Fsp3) is 0.917. The van der Waals surface area contributed by atoms with Gasteiger partial charge in [-0.15, -0.1) is 0 Å². The first-order valence-corrected chi connectivity index (χ1v) is 6.03. The van der Waals surface area contributed by atoms with Crippen LogP contribution in [0.1, 0.15) is 41.0 Å². The van der Waals surface area contributed by atoms with E-state index in [2.05, 4.69) is 37.9 Å². The molecule has 1 amide bonds. The molecule has 0 aliphatic heterocycles. The molecule has 0 radical (unpaired) electrons. The quantitative estimate of drug-likeness (QED) is 0.683. The van der Waals surface area contributed by atoms with Gasteiger partial charge in [0.05, 0.1) is 5.54 Å². The second-order valence-corrected chi connectivity index (χ2v) is 4.92. The SMILES string of the molecule is CCN(C(C)C)C(C)CC(C)(NC)C(N)=O. The van der Waals surface area contributed by atoms with E-state index in [1.165, 1.54) is 0 Å². The zero-order valence-corrected chi connectivity index (χ0v) is 11.5. The third-order valence-electron chi connectivity index (χ3n) is 3.39. The van der Waals surface area contributed by atoms with E-state index in [4.69, 9.17) is 5.73 Å². The zero-order chi connectivity index (χ0) is 12.9. The van der Waals surface area contributed by atoms with E-state index in [9.17, 15) is 4.79 Å². The molecule has 2 atom stereocenters. The highest BCUT2D eigenvalue weighted by molar-refractivity contribution is 5.84. The second-order valence-electron chi connectivity index (χ2n) is 4.92. The monoisotopic (exact) mass is 229 g/mol. The van der Waals surface area contributed by atoms with Crippen molar-refractivity contribution in [3.05, 3.63) is 0 Å². The molecule has 0 aromatic carbocycles. The Labute approximate surface area is 99.6 Å². The van der Waals surface area contributed by atoms with Crippen LogP contribution >= 0.6 is 0 Å². The molecular weight excluding hydrogens is 202 g/mol. The lowest BCUT2D eigenvalue weighted by Crippen LogP contribution is -2.55. The van der Waals surface area contributed by atoms with E-state index in [0.29, 0.717) is 12.1 Å².